The molecule has 0 radical (unpaired) electrons. The number of carbonyl (C=O) groups is 1. The van der Waals surface area contributed by atoms with E-state index in [9.17, 15) is 4.79 Å². The molecule has 0 saturated heterocycles. The zero-order valence-corrected chi connectivity index (χ0v) is 18.1. The summed E-state index contributed by atoms with van der Waals surface area (Å²) < 4.78 is 5.63. The molecule has 2 aromatic heterocycles. The van der Waals surface area contributed by atoms with Gasteiger partial charge in [-0.15, -0.1) is 0 Å². The van der Waals surface area contributed by atoms with Crippen molar-refractivity contribution in [3.8, 4) is 5.75 Å². The molecule has 2 N–H and O–H groups in total. The Bertz CT molecular complexity index is 1520. The van der Waals surface area contributed by atoms with Gasteiger partial charge in [0.25, 0.3) is 0 Å². The third-order valence-electron chi connectivity index (χ3n) is 5.71. The Morgan fingerprint density at radius 1 is 0.939 bits per heavy atom. The fourth-order valence-corrected chi connectivity index (χ4v) is 4.15. The number of allylic oxidation sites excluding steroid dienone is 1. The van der Waals surface area contributed by atoms with E-state index < -0.39 is 5.97 Å². The molecule has 3 aromatic carbocycles. The van der Waals surface area contributed by atoms with Crippen LogP contribution in [0.3, 0.4) is 0 Å². The van der Waals surface area contributed by atoms with E-state index in [0.29, 0.717) is 5.75 Å². The van der Waals surface area contributed by atoms with Gasteiger partial charge in [-0.3, -0.25) is 10.2 Å². The summed E-state index contributed by atoms with van der Waals surface area (Å²) in [6.45, 7) is 5.66. The summed E-state index contributed by atoms with van der Waals surface area (Å²) in [6, 6.07) is 20.0. The van der Waals surface area contributed by atoms with Crippen LogP contribution in [0.15, 0.2) is 85.7 Å². The molecule has 0 saturated carbocycles. The Balaban J connectivity index is 1.80. The van der Waals surface area contributed by atoms with Gasteiger partial charge >= 0.3 is 5.97 Å². The van der Waals surface area contributed by atoms with E-state index in [-0.39, 0.29) is 0 Å². The zero-order valence-electron chi connectivity index (χ0n) is 18.1. The highest BCUT2D eigenvalue weighted by Gasteiger charge is 2.19. The minimum Gasteiger partial charge on any atom is -0.423 e. The number of ether oxygens (including phenoxy) is 1. The lowest BCUT2D eigenvalue weighted by molar-refractivity contribution is -0.128. The number of hydrogen-bond donors (Lipinski definition) is 2. The van der Waals surface area contributed by atoms with Crippen molar-refractivity contribution in [1.29, 1.82) is 0 Å². The molecule has 0 aliphatic heterocycles. The van der Waals surface area contributed by atoms with Gasteiger partial charge in [0, 0.05) is 22.4 Å². The van der Waals surface area contributed by atoms with Gasteiger partial charge in [-0.2, -0.15) is 10.2 Å². The predicted molar refractivity (Wildman–Crippen MR) is 131 cm³/mol. The molecule has 6 nitrogen and oxygen atoms in total. The zero-order chi connectivity index (χ0) is 22.8. The summed E-state index contributed by atoms with van der Waals surface area (Å²) in [5, 5.41) is 16.4. The molecule has 0 bridgehead atoms. The molecule has 0 unspecified atom stereocenters. The number of carbonyl (C=O) groups excluding carboxylic acids is 1. The van der Waals surface area contributed by atoms with Crippen LogP contribution in [0.1, 0.15) is 30.0 Å². The highest BCUT2D eigenvalue weighted by atomic mass is 16.5. The second kappa shape index (κ2) is 8.59. The number of aromatic nitrogens is 4. The van der Waals surface area contributed by atoms with Gasteiger partial charge in [0.05, 0.1) is 23.4 Å². The molecule has 0 atom stereocenters. The molecule has 0 aliphatic carbocycles. The van der Waals surface area contributed by atoms with Crippen LogP contribution < -0.4 is 4.74 Å². The molecule has 0 amide bonds. The average molecular weight is 434 g/mol. The monoisotopic (exact) mass is 434 g/mol. The summed E-state index contributed by atoms with van der Waals surface area (Å²) in [5.74, 6) is -0.0118. The van der Waals surface area contributed by atoms with Crippen molar-refractivity contribution in [2.75, 3.05) is 0 Å². The summed E-state index contributed by atoms with van der Waals surface area (Å²) in [7, 11) is 0. The van der Waals surface area contributed by atoms with Crippen LogP contribution in [0.4, 0.5) is 0 Å². The third-order valence-corrected chi connectivity index (χ3v) is 5.71. The van der Waals surface area contributed by atoms with E-state index in [1.165, 1.54) is 6.08 Å². The number of aromatic amines is 2. The number of nitrogens with zero attached hydrogens (tertiary/aromatic N) is 2. The lowest BCUT2D eigenvalue weighted by Gasteiger charge is -2.19. The van der Waals surface area contributed by atoms with E-state index in [2.05, 4.69) is 64.2 Å². The van der Waals surface area contributed by atoms with Crippen LogP contribution in [0.2, 0.25) is 0 Å². The maximum absolute atomic E-state index is 12.1. The fourth-order valence-electron chi connectivity index (χ4n) is 4.15. The first kappa shape index (κ1) is 20.5. The first-order valence-electron chi connectivity index (χ1n) is 10.7. The number of hydrogen-bond acceptors (Lipinski definition) is 4. The third kappa shape index (κ3) is 3.83. The molecule has 0 fully saturated rings. The molecule has 6 heteroatoms. The van der Waals surface area contributed by atoms with Crippen LogP contribution in [0.5, 0.6) is 5.75 Å². The van der Waals surface area contributed by atoms with Crippen molar-refractivity contribution in [2.24, 2.45) is 0 Å². The quantitative estimate of drug-likeness (QED) is 0.151. The van der Waals surface area contributed by atoms with Crippen LogP contribution in [-0.2, 0) is 4.79 Å². The average Bonchev–Trinajstić information content (AvgIpc) is 3.51. The molecule has 0 spiro atoms. The number of esters is 1. The van der Waals surface area contributed by atoms with E-state index in [4.69, 9.17) is 4.74 Å². The first-order chi connectivity index (χ1) is 16.2. The normalized spacial score (nSPS) is 12.0. The van der Waals surface area contributed by atoms with Crippen LogP contribution in [0, 0.1) is 0 Å². The van der Waals surface area contributed by atoms with Crippen molar-refractivity contribution >= 4 is 38.9 Å². The van der Waals surface area contributed by atoms with Crippen LogP contribution in [-0.4, -0.2) is 26.4 Å². The van der Waals surface area contributed by atoms with Gasteiger partial charge in [-0.25, -0.2) is 4.79 Å². The van der Waals surface area contributed by atoms with Gasteiger partial charge in [0.1, 0.15) is 5.75 Å². The topological polar surface area (TPSA) is 83.7 Å². The van der Waals surface area contributed by atoms with Gasteiger partial charge in [-0.1, -0.05) is 49.9 Å². The Hall–Kier alpha value is -4.45. The molecule has 162 valence electrons. The lowest BCUT2D eigenvalue weighted by atomic mass is 9.87. The lowest BCUT2D eigenvalue weighted by Crippen LogP contribution is -2.06. The summed E-state index contributed by atoms with van der Waals surface area (Å²) in [6.07, 6.45) is 5.56. The smallest absolute Gasteiger partial charge is 0.335 e. The van der Waals surface area contributed by atoms with E-state index in [0.717, 1.165) is 56.1 Å². The molecular formula is C27H22N4O2. The van der Waals surface area contributed by atoms with Crippen molar-refractivity contribution in [1.82, 2.24) is 20.4 Å². The number of para-hydroxylation sites is 1. The Morgan fingerprint density at radius 3 is 2.52 bits per heavy atom. The number of rotatable bonds is 6. The number of benzene rings is 3. The molecule has 0 aliphatic rings. The molecule has 5 aromatic rings. The van der Waals surface area contributed by atoms with Gasteiger partial charge in [-0.05, 0) is 53.0 Å². The Kier molecular flexibility index (Phi) is 5.32. The predicted octanol–water partition coefficient (Wildman–Crippen LogP) is 5.90. The maximum atomic E-state index is 12.1. The van der Waals surface area contributed by atoms with Gasteiger partial charge in [0.2, 0.25) is 0 Å². The van der Waals surface area contributed by atoms with E-state index in [1.54, 1.807) is 6.07 Å². The van der Waals surface area contributed by atoms with Crippen molar-refractivity contribution in [3.05, 3.63) is 102 Å². The first-order valence-corrected chi connectivity index (χ1v) is 10.7. The standard InChI is InChI=1S/C27H22N4O2/c1-3-21(17-9-10-19-15-28-31-24(19)14-17)27(18-11-12-23-20(13-18)16-29-30-23)22-7-5-6-8-25(22)33-26(32)4-2/h4-16H,2-3H2,1H3,(H,28,31)(H,29,30)/b27-21+. The van der Waals surface area contributed by atoms with Crippen molar-refractivity contribution < 1.29 is 9.53 Å². The molecular weight excluding hydrogens is 412 g/mol. The van der Waals surface area contributed by atoms with Crippen LogP contribution >= 0.6 is 0 Å². The highest BCUT2D eigenvalue weighted by Crippen LogP contribution is 2.39. The minimum atomic E-state index is -0.496. The van der Waals surface area contributed by atoms with Crippen molar-refractivity contribution in [3.63, 3.8) is 0 Å². The Labute approximate surface area is 190 Å². The van der Waals surface area contributed by atoms with Crippen molar-refractivity contribution in [2.45, 2.75) is 13.3 Å². The van der Waals surface area contributed by atoms with E-state index >= 15 is 0 Å². The fraction of sp³-hybridized carbons (Fsp3) is 0.0741. The van der Waals surface area contributed by atoms with Gasteiger partial charge < -0.3 is 4.74 Å². The summed E-state index contributed by atoms with van der Waals surface area (Å²) in [4.78, 5) is 12.1. The SMILES string of the molecule is C=CC(=O)Oc1ccccc1/C(=C(\CC)c1ccc2cn[nH]c2c1)c1ccc2[nH]ncc2c1. The summed E-state index contributed by atoms with van der Waals surface area (Å²) in [5.41, 5.74) is 6.95. The second-order valence-corrected chi connectivity index (χ2v) is 7.67. The Morgan fingerprint density at radius 2 is 1.70 bits per heavy atom. The number of fused-ring (bicyclic) bond motifs is 2. The number of nitrogens with one attached hydrogen (secondary N) is 2. The van der Waals surface area contributed by atoms with Gasteiger partial charge in [0.15, 0.2) is 0 Å². The molecule has 33 heavy (non-hydrogen) atoms. The number of H-pyrrole nitrogens is 2. The minimum absolute atomic E-state index is 0.484. The highest BCUT2D eigenvalue weighted by molar-refractivity contribution is 6.03. The van der Waals surface area contributed by atoms with E-state index in [1.807, 2.05) is 36.7 Å². The van der Waals surface area contributed by atoms with Crippen LogP contribution in [0.25, 0.3) is 33.0 Å². The molecule has 2 heterocycles. The largest absolute Gasteiger partial charge is 0.423 e. The molecule has 5 rings (SSSR count). The second-order valence-electron chi connectivity index (χ2n) is 7.67. The maximum Gasteiger partial charge on any atom is 0.335 e. The summed E-state index contributed by atoms with van der Waals surface area (Å²) >= 11 is 0.